The maximum absolute atomic E-state index is 10.7. The number of hydrogen-bond donors (Lipinski definition) is 0. The van der Waals surface area contributed by atoms with Crippen LogP contribution in [-0.2, 0) is 0 Å². The molecule has 0 fully saturated rings. The van der Waals surface area contributed by atoms with E-state index in [-0.39, 0.29) is 0 Å². The second-order valence-corrected chi connectivity index (χ2v) is 3.55. The van der Waals surface area contributed by atoms with Crippen molar-refractivity contribution in [1.29, 1.82) is 5.26 Å². The number of hydrogen-bond acceptors (Lipinski definition) is 2. The van der Waals surface area contributed by atoms with Crippen molar-refractivity contribution in [1.82, 2.24) is 0 Å². The monoisotopic (exact) mass is 199 g/mol. The molecule has 0 aliphatic heterocycles. The molecule has 0 amide bonds. The van der Waals surface area contributed by atoms with Crippen LogP contribution in [0.1, 0.15) is 35.3 Å². The van der Waals surface area contributed by atoms with Crippen LogP contribution < -0.4 is 0 Å². The lowest BCUT2D eigenvalue weighted by Gasteiger charge is -2.07. The molecular weight excluding hydrogens is 186 g/mol. The Morgan fingerprint density at radius 2 is 2.07 bits per heavy atom. The van der Waals surface area contributed by atoms with Crippen molar-refractivity contribution in [3.8, 4) is 6.07 Å². The standard InChI is InChI=1S/C13H13NO/c1-9-4-5-12(8-15)6-13(9)11(3)10(2)7-14/h4-6,8H,1-3H3/b11-10-. The van der Waals surface area contributed by atoms with Crippen LogP contribution in [0.5, 0.6) is 0 Å². The molecule has 0 radical (unpaired) electrons. The molecule has 1 aromatic carbocycles. The van der Waals surface area contributed by atoms with E-state index in [1.54, 1.807) is 13.0 Å². The van der Waals surface area contributed by atoms with E-state index < -0.39 is 0 Å². The minimum absolute atomic E-state index is 0.640. The Balaban J connectivity index is 3.38. The first-order valence-electron chi connectivity index (χ1n) is 4.74. The van der Waals surface area contributed by atoms with E-state index in [1.165, 1.54) is 0 Å². The Morgan fingerprint density at radius 3 is 2.60 bits per heavy atom. The lowest BCUT2D eigenvalue weighted by molar-refractivity contribution is 0.112. The minimum atomic E-state index is 0.640. The number of rotatable bonds is 2. The molecule has 15 heavy (non-hydrogen) atoms. The van der Waals surface area contributed by atoms with Gasteiger partial charge < -0.3 is 0 Å². The normalized spacial score (nSPS) is 11.6. The minimum Gasteiger partial charge on any atom is -0.298 e. The fourth-order valence-corrected chi connectivity index (χ4v) is 1.40. The molecule has 1 rings (SSSR count). The fourth-order valence-electron chi connectivity index (χ4n) is 1.40. The smallest absolute Gasteiger partial charge is 0.150 e. The highest BCUT2D eigenvalue weighted by Gasteiger charge is 2.04. The zero-order valence-corrected chi connectivity index (χ0v) is 9.16. The second kappa shape index (κ2) is 4.56. The summed E-state index contributed by atoms with van der Waals surface area (Å²) in [5.41, 5.74) is 4.30. The zero-order valence-electron chi connectivity index (χ0n) is 9.16. The molecule has 2 heteroatoms. The van der Waals surface area contributed by atoms with E-state index in [2.05, 4.69) is 6.07 Å². The molecule has 0 aliphatic rings. The number of allylic oxidation sites excluding steroid dienone is 2. The van der Waals surface area contributed by atoms with Gasteiger partial charge in [0, 0.05) is 11.1 Å². The molecule has 0 saturated carbocycles. The molecule has 1 aromatic rings. The molecule has 0 bridgehead atoms. The van der Waals surface area contributed by atoms with Gasteiger partial charge in [-0.25, -0.2) is 0 Å². The first kappa shape index (κ1) is 11.2. The van der Waals surface area contributed by atoms with Crippen molar-refractivity contribution < 1.29 is 4.79 Å². The molecular formula is C13H13NO. The van der Waals surface area contributed by atoms with Crippen LogP contribution in [0.4, 0.5) is 0 Å². The molecule has 0 N–H and O–H groups in total. The molecule has 0 saturated heterocycles. The molecule has 0 aromatic heterocycles. The average Bonchev–Trinajstić information content (AvgIpc) is 2.27. The average molecular weight is 199 g/mol. The molecule has 0 unspecified atom stereocenters. The number of carbonyl (C=O) groups excluding carboxylic acids is 1. The summed E-state index contributed by atoms with van der Waals surface area (Å²) in [6, 6.07) is 7.61. The largest absolute Gasteiger partial charge is 0.298 e. The van der Waals surface area contributed by atoms with E-state index in [0.29, 0.717) is 11.1 Å². The molecule has 0 heterocycles. The molecule has 76 valence electrons. The summed E-state index contributed by atoms with van der Waals surface area (Å²) in [5.74, 6) is 0. The van der Waals surface area contributed by atoms with Gasteiger partial charge in [0.05, 0.1) is 6.07 Å². The van der Waals surface area contributed by atoms with Crippen LogP contribution in [0, 0.1) is 18.3 Å². The summed E-state index contributed by atoms with van der Waals surface area (Å²) in [6.07, 6.45) is 0.817. The maximum Gasteiger partial charge on any atom is 0.150 e. The topological polar surface area (TPSA) is 40.9 Å². The van der Waals surface area contributed by atoms with Gasteiger partial charge in [0.25, 0.3) is 0 Å². The van der Waals surface area contributed by atoms with Crippen LogP contribution in [0.15, 0.2) is 23.8 Å². The van der Waals surface area contributed by atoms with Crippen molar-refractivity contribution >= 4 is 11.9 Å². The summed E-state index contributed by atoms with van der Waals surface area (Å²) < 4.78 is 0. The number of nitriles is 1. The summed E-state index contributed by atoms with van der Waals surface area (Å²) >= 11 is 0. The summed E-state index contributed by atoms with van der Waals surface area (Å²) in [5, 5.41) is 8.81. The summed E-state index contributed by atoms with van der Waals surface area (Å²) in [7, 11) is 0. The van der Waals surface area contributed by atoms with Gasteiger partial charge in [-0.2, -0.15) is 5.26 Å². The fraction of sp³-hybridized carbons (Fsp3) is 0.231. The first-order valence-corrected chi connectivity index (χ1v) is 4.74. The van der Waals surface area contributed by atoms with Gasteiger partial charge in [-0.3, -0.25) is 4.79 Å². The lowest BCUT2D eigenvalue weighted by atomic mass is 9.96. The predicted octanol–water partition coefficient (Wildman–Crippen LogP) is 3.12. The van der Waals surface area contributed by atoms with Crippen molar-refractivity contribution in [2.45, 2.75) is 20.8 Å². The van der Waals surface area contributed by atoms with Gasteiger partial charge >= 0.3 is 0 Å². The van der Waals surface area contributed by atoms with Crippen molar-refractivity contribution in [2.24, 2.45) is 0 Å². The summed E-state index contributed by atoms with van der Waals surface area (Å²) in [4.78, 5) is 10.7. The summed E-state index contributed by atoms with van der Waals surface area (Å²) in [6.45, 7) is 5.65. The molecule has 0 atom stereocenters. The van der Waals surface area contributed by atoms with E-state index in [9.17, 15) is 4.79 Å². The van der Waals surface area contributed by atoms with Crippen LogP contribution in [0.25, 0.3) is 5.57 Å². The lowest BCUT2D eigenvalue weighted by Crippen LogP contribution is -1.91. The van der Waals surface area contributed by atoms with Crippen LogP contribution >= 0.6 is 0 Å². The van der Waals surface area contributed by atoms with Crippen LogP contribution in [-0.4, -0.2) is 6.29 Å². The van der Waals surface area contributed by atoms with Gasteiger partial charge in [-0.05, 0) is 43.5 Å². The van der Waals surface area contributed by atoms with E-state index in [1.807, 2.05) is 26.0 Å². The maximum atomic E-state index is 10.7. The van der Waals surface area contributed by atoms with E-state index in [0.717, 1.165) is 23.0 Å². The Labute approximate surface area is 89.9 Å². The van der Waals surface area contributed by atoms with Gasteiger partial charge in [-0.1, -0.05) is 12.1 Å². The number of nitrogens with zero attached hydrogens (tertiary/aromatic N) is 1. The van der Waals surface area contributed by atoms with Gasteiger partial charge in [0.15, 0.2) is 0 Å². The van der Waals surface area contributed by atoms with E-state index in [4.69, 9.17) is 5.26 Å². The third-order valence-electron chi connectivity index (χ3n) is 2.53. The van der Waals surface area contributed by atoms with Crippen LogP contribution in [0.2, 0.25) is 0 Å². The second-order valence-electron chi connectivity index (χ2n) is 3.55. The van der Waals surface area contributed by atoms with Crippen molar-refractivity contribution in [2.75, 3.05) is 0 Å². The number of benzene rings is 1. The number of aldehydes is 1. The number of carbonyl (C=O) groups is 1. The van der Waals surface area contributed by atoms with E-state index >= 15 is 0 Å². The molecule has 2 nitrogen and oxygen atoms in total. The van der Waals surface area contributed by atoms with Crippen LogP contribution in [0.3, 0.4) is 0 Å². The third-order valence-corrected chi connectivity index (χ3v) is 2.53. The van der Waals surface area contributed by atoms with Crippen molar-refractivity contribution in [3.05, 3.63) is 40.5 Å². The Morgan fingerprint density at radius 1 is 1.40 bits per heavy atom. The Hall–Kier alpha value is -1.88. The number of aryl methyl sites for hydroxylation is 1. The highest BCUT2D eigenvalue weighted by molar-refractivity contribution is 5.80. The molecule has 0 spiro atoms. The Kier molecular flexibility index (Phi) is 3.41. The van der Waals surface area contributed by atoms with Gasteiger partial charge in [0.1, 0.15) is 6.29 Å². The predicted molar refractivity (Wildman–Crippen MR) is 60.4 cm³/mol. The SMILES string of the molecule is C/C(C#N)=C(\C)c1cc(C=O)ccc1C. The quantitative estimate of drug-likeness (QED) is 0.542. The first-order chi connectivity index (χ1) is 7.10. The van der Waals surface area contributed by atoms with Gasteiger partial charge in [-0.15, -0.1) is 0 Å². The van der Waals surface area contributed by atoms with Crippen molar-refractivity contribution in [3.63, 3.8) is 0 Å². The highest BCUT2D eigenvalue weighted by atomic mass is 16.1. The highest BCUT2D eigenvalue weighted by Crippen LogP contribution is 2.22. The zero-order chi connectivity index (χ0) is 11.4. The van der Waals surface area contributed by atoms with Gasteiger partial charge in [0.2, 0.25) is 0 Å². The third kappa shape index (κ3) is 2.32. The Bertz CT molecular complexity index is 464. The molecule has 0 aliphatic carbocycles.